The van der Waals surface area contributed by atoms with Crippen molar-refractivity contribution in [1.29, 1.82) is 0 Å². The first-order chi connectivity index (χ1) is 29.1. The van der Waals surface area contributed by atoms with Crippen molar-refractivity contribution >= 4 is 39.0 Å². The number of anilines is 3. The molecule has 2 nitrogen and oxygen atoms in total. The van der Waals surface area contributed by atoms with Crippen molar-refractivity contribution in [2.75, 3.05) is 4.90 Å². The molecule has 1 aromatic heterocycles. The van der Waals surface area contributed by atoms with Gasteiger partial charge < -0.3 is 9.32 Å². The molecule has 0 N–H and O–H groups in total. The van der Waals surface area contributed by atoms with Crippen LogP contribution in [-0.2, 0) is 5.41 Å². The Morgan fingerprint density at radius 3 is 1.68 bits per heavy atom. The Balaban J connectivity index is 1.07. The quantitative estimate of drug-likeness (QED) is 0.174. The number of hydrogen-bond acceptors (Lipinski definition) is 2. The van der Waals surface area contributed by atoms with Gasteiger partial charge in [-0.2, -0.15) is 0 Å². The molecule has 10 aromatic rings. The summed E-state index contributed by atoms with van der Waals surface area (Å²) in [6.07, 6.45) is 0. The van der Waals surface area contributed by atoms with Crippen LogP contribution in [0.5, 0.6) is 0 Å². The summed E-state index contributed by atoms with van der Waals surface area (Å²) in [6, 6.07) is 73.8. The summed E-state index contributed by atoms with van der Waals surface area (Å²) in [5.41, 5.74) is 22.5. The van der Waals surface area contributed by atoms with Crippen LogP contribution in [0.15, 0.2) is 205 Å². The summed E-state index contributed by atoms with van der Waals surface area (Å²) >= 11 is 0. The molecule has 0 atom stereocenters. The second-order valence-electron chi connectivity index (χ2n) is 16.2. The zero-order chi connectivity index (χ0) is 39.2. The van der Waals surface area contributed by atoms with Crippen molar-refractivity contribution in [3.8, 4) is 44.5 Å². The lowest BCUT2D eigenvalue weighted by molar-refractivity contribution is 0.669. The standard InChI is InChI=1S/C57H39NO/c1-36-20-28-45-46-29-21-37(2)33-52(46)57(51(45)32-36)50-17-9-6-15-44(50)47-31-27-42(35-53(47)57)58(54-18-10-7-14-43(54)39-12-4-3-5-13-39)41-25-22-38(23-26-41)40-24-30-49-48-16-8-11-19-55(48)59-56(49)34-40/h3-35H,1-2H3. The van der Waals surface area contributed by atoms with Gasteiger partial charge in [0.25, 0.3) is 0 Å². The van der Waals surface area contributed by atoms with Crippen molar-refractivity contribution in [2.24, 2.45) is 0 Å². The summed E-state index contributed by atoms with van der Waals surface area (Å²) in [5, 5.41) is 2.28. The Labute approximate surface area is 344 Å². The maximum absolute atomic E-state index is 6.30. The molecule has 0 aliphatic heterocycles. The lowest BCUT2D eigenvalue weighted by Gasteiger charge is -2.33. The van der Waals surface area contributed by atoms with Gasteiger partial charge in [-0.15, -0.1) is 0 Å². The fourth-order valence-corrected chi connectivity index (χ4v) is 10.2. The minimum absolute atomic E-state index is 0.450. The molecule has 2 aliphatic rings. The Kier molecular flexibility index (Phi) is 7.31. The summed E-state index contributed by atoms with van der Waals surface area (Å²) < 4.78 is 6.30. The molecule has 278 valence electrons. The largest absolute Gasteiger partial charge is 0.456 e. The lowest BCUT2D eigenvalue weighted by atomic mass is 9.70. The van der Waals surface area contributed by atoms with E-state index in [2.05, 4.69) is 207 Å². The van der Waals surface area contributed by atoms with Crippen LogP contribution in [0, 0.1) is 13.8 Å². The predicted molar refractivity (Wildman–Crippen MR) is 245 cm³/mol. The van der Waals surface area contributed by atoms with Crippen LogP contribution in [0.25, 0.3) is 66.4 Å². The molecule has 0 fully saturated rings. The van der Waals surface area contributed by atoms with Gasteiger partial charge in [0.05, 0.1) is 11.1 Å². The average molecular weight is 754 g/mol. The van der Waals surface area contributed by atoms with E-state index in [0.717, 1.165) is 50.1 Å². The van der Waals surface area contributed by atoms with E-state index >= 15 is 0 Å². The minimum atomic E-state index is -0.450. The molecule has 1 heterocycles. The topological polar surface area (TPSA) is 16.4 Å². The zero-order valence-electron chi connectivity index (χ0n) is 32.9. The highest BCUT2D eigenvalue weighted by Crippen LogP contribution is 2.63. The number of rotatable bonds is 5. The van der Waals surface area contributed by atoms with E-state index in [0.29, 0.717) is 0 Å². The van der Waals surface area contributed by atoms with Crippen LogP contribution in [-0.4, -0.2) is 0 Å². The highest BCUT2D eigenvalue weighted by Gasteiger charge is 2.52. The van der Waals surface area contributed by atoms with Gasteiger partial charge in [-0.05, 0) is 124 Å². The van der Waals surface area contributed by atoms with E-state index in [1.54, 1.807) is 0 Å². The van der Waals surface area contributed by atoms with Gasteiger partial charge in [0.2, 0.25) is 0 Å². The summed E-state index contributed by atoms with van der Waals surface area (Å²) in [7, 11) is 0. The van der Waals surface area contributed by atoms with Crippen LogP contribution in [0.2, 0.25) is 0 Å². The Hall–Kier alpha value is -7.42. The maximum Gasteiger partial charge on any atom is 0.136 e. The summed E-state index contributed by atoms with van der Waals surface area (Å²) in [6.45, 7) is 4.45. The fraction of sp³-hybridized carbons (Fsp3) is 0.0526. The third-order valence-corrected chi connectivity index (χ3v) is 12.8. The molecule has 2 heteroatoms. The van der Waals surface area contributed by atoms with Crippen molar-refractivity contribution < 1.29 is 4.42 Å². The van der Waals surface area contributed by atoms with E-state index in [4.69, 9.17) is 4.42 Å². The molecule has 2 aliphatic carbocycles. The summed E-state index contributed by atoms with van der Waals surface area (Å²) in [5.74, 6) is 0. The molecular weight excluding hydrogens is 715 g/mol. The third-order valence-electron chi connectivity index (χ3n) is 12.8. The first-order valence-electron chi connectivity index (χ1n) is 20.5. The van der Waals surface area contributed by atoms with Crippen molar-refractivity contribution in [2.45, 2.75) is 19.3 Å². The van der Waals surface area contributed by atoms with Crippen molar-refractivity contribution in [3.05, 3.63) is 234 Å². The number of hydrogen-bond donors (Lipinski definition) is 0. The van der Waals surface area contributed by atoms with Gasteiger partial charge in [0, 0.05) is 27.7 Å². The van der Waals surface area contributed by atoms with Gasteiger partial charge in [0.15, 0.2) is 0 Å². The molecule has 0 radical (unpaired) electrons. The molecule has 1 spiro atoms. The van der Waals surface area contributed by atoms with E-state index in [-0.39, 0.29) is 0 Å². The monoisotopic (exact) mass is 753 g/mol. The first kappa shape index (κ1) is 33.7. The molecular formula is C57H39NO. The van der Waals surface area contributed by atoms with E-state index in [1.165, 1.54) is 66.8 Å². The zero-order valence-corrected chi connectivity index (χ0v) is 32.9. The Bertz CT molecular complexity index is 3250. The highest BCUT2D eigenvalue weighted by molar-refractivity contribution is 6.06. The van der Waals surface area contributed by atoms with Gasteiger partial charge in [0.1, 0.15) is 11.2 Å². The van der Waals surface area contributed by atoms with Gasteiger partial charge in [-0.1, -0.05) is 163 Å². The molecule has 9 aromatic carbocycles. The smallest absolute Gasteiger partial charge is 0.136 e. The second-order valence-corrected chi connectivity index (χ2v) is 16.2. The number of nitrogens with zero attached hydrogens (tertiary/aromatic N) is 1. The Morgan fingerprint density at radius 2 is 0.915 bits per heavy atom. The Morgan fingerprint density at radius 1 is 0.356 bits per heavy atom. The van der Waals surface area contributed by atoms with Gasteiger partial charge >= 0.3 is 0 Å². The predicted octanol–water partition coefficient (Wildman–Crippen LogP) is 15.4. The van der Waals surface area contributed by atoms with Crippen molar-refractivity contribution in [3.63, 3.8) is 0 Å². The minimum Gasteiger partial charge on any atom is -0.456 e. The number of furan rings is 1. The van der Waals surface area contributed by atoms with Crippen LogP contribution in [0.4, 0.5) is 17.1 Å². The molecule has 0 saturated heterocycles. The van der Waals surface area contributed by atoms with Crippen LogP contribution in [0.1, 0.15) is 33.4 Å². The second kappa shape index (κ2) is 12.8. The van der Waals surface area contributed by atoms with Crippen LogP contribution < -0.4 is 4.90 Å². The maximum atomic E-state index is 6.30. The molecule has 59 heavy (non-hydrogen) atoms. The number of aryl methyl sites for hydroxylation is 2. The molecule has 0 unspecified atom stereocenters. The first-order valence-corrected chi connectivity index (χ1v) is 20.5. The number of fused-ring (bicyclic) bond motifs is 13. The lowest BCUT2D eigenvalue weighted by Crippen LogP contribution is -2.26. The number of benzene rings is 9. The third kappa shape index (κ3) is 4.93. The van der Waals surface area contributed by atoms with E-state index in [1.807, 2.05) is 12.1 Å². The van der Waals surface area contributed by atoms with Gasteiger partial charge in [-0.25, -0.2) is 0 Å². The normalized spacial score (nSPS) is 13.1. The SMILES string of the molecule is Cc1ccc2c(c1)C1(c3ccccc3-c3ccc(N(c4ccc(-c5ccc6c(c5)oc5ccccc56)cc4)c4ccccc4-c4ccccc4)cc31)c1cc(C)ccc1-2. The number of para-hydroxylation sites is 2. The highest BCUT2D eigenvalue weighted by atomic mass is 16.3. The molecule has 0 bridgehead atoms. The molecule has 0 amide bonds. The average Bonchev–Trinajstić information content (AvgIpc) is 3.90. The van der Waals surface area contributed by atoms with Crippen LogP contribution >= 0.6 is 0 Å². The summed E-state index contributed by atoms with van der Waals surface area (Å²) in [4.78, 5) is 2.45. The van der Waals surface area contributed by atoms with Crippen LogP contribution in [0.3, 0.4) is 0 Å². The van der Waals surface area contributed by atoms with Crippen molar-refractivity contribution in [1.82, 2.24) is 0 Å². The molecule has 12 rings (SSSR count). The fourth-order valence-electron chi connectivity index (χ4n) is 10.2. The van der Waals surface area contributed by atoms with E-state index in [9.17, 15) is 0 Å². The molecule has 0 saturated carbocycles. The van der Waals surface area contributed by atoms with Gasteiger partial charge in [-0.3, -0.25) is 0 Å². The van der Waals surface area contributed by atoms with E-state index < -0.39 is 5.41 Å².